The maximum Gasteiger partial charge on any atom is 0.416 e. The molecule has 4 nitrogen and oxygen atoms in total. The van der Waals surface area contributed by atoms with Crippen molar-refractivity contribution in [2.75, 3.05) is 13.1 Å². The van der Waals surface area contributed by atoms with E-state index in [-0.39, 0.29) is 16.8 Å². The molecule has 0 aliphatic carbocycles. The van der Waals surface area contributed by atoms with Crippen molar-refractivity contribution in [3.8, 4) is 0 Å². The van der Waals surface area contributed by atoms with Gasteiger partial charge in [-0.1, -0.05) is 36.4 Å². The zero-order chi connectivity index (χ0) is 24.7. The van der Waals surface area contributed by atoms with Crippen molar-refractivity contribution < 1.29 is 30.4 Å². The molecule has 1 aliphatic heterocycles. The molecule has 1 unspecified atom stereocenters. The third-order valence-electron chi connectivity index (χ3n) is 6.25. The first-order valence-electron chi connectivity index (χ1n) is 10.7. The molecule has 1 N–H and O–H groups in total. The van der Waals surface area contributed by atoms with Gasteiger partial charge in [-0.15, -0.1) is 6.58 Å². The molecular weight excluding hydrogens is 475 g/mol. The Bertz CT molecular complexity index is 1310. The lowest BCUT2D eigenvalue weighted by molar-refractivity contribution is -0.138. The van der Waals surface area contributed by atoms with Crippen LogP contribution in [0, 0.1) is 0 Å². The first kappa shape index (κ1) is 24.4. The van der Waals surface area contributed by atoms with E-state index in [0.29, 0.717) is 35.5 Å². The zero-order valence-electron chi connectivity index (χ0n) is 18.0. The Balaban J connectivity index is 1.94. The fourth-order valence-corrected chi connectivity index (χ4v) is 6.40. The summed E-state index contributed by atoms with van der Waals surface area (Å²) in [6, 6.07) is 9.01. The zero-order valence-corrected chi connectivity index (χ0v) is 18.8. The van der Waals surface area contributed by atoms with Crippen LogP contribution in [0.2, 0.25) is 0 Å². The molecule has 3 aromatic rings. The SMILES string of the molecule is C=CC(c1ccccc1C(F)(F)F)S(=O)(=O)n1cc(C(F)F)c2c(C3CCNCC3)cccc21. The van der Waals surface area contributed by atoms with Crippen LogP contribution in [0.4, 0.5) is 22.0 Å². The van der Waals surface area contributed by atoms with Gasteiger partial charge in [0, 0.05) is 17.1 Å². The number of hydrogen-bond donors (Lipinski definition) is 1. The molecule has 10 heteroatoms. The van der Waals surface area contributed by atoms with E-state index in [4.69, 9.17) is 0 Å². The van der Waals surface area contributed by atoms with Crippen molar-refractivity contribution in [3.05, 3.63) is 83.6 Å². The molecule has 34 heavy (non-hydrogen) atoms. The lowest BCUT2D eigenvalue weighted by Gasteiger charge is -2.24. The standard InChI is InChI=1S/C24H23F5N2O2S/c1-2-21(17-6-3-4-8-19(17)24(27,28)29)34(32,33)31-14-18(23(25)26)22-16(7-5-9-20(22)31)15-10-12-30-13-11-15/h2-9,14-15,21,23,30H,1,10-13H2. The van der Waals surface area contributed by atoms with Gasteiger partial charge in [0.1, 0.15) is 5.25 Å². The Hall–Kier alpha value is -2.72. The maximum absolute atomic E-state index is 14.1. The third-order valence-corrected chi connectivity index (χ3v) is 8.19. The third kappa shape index (κ3) is 4.24. The quantitative estimate of drug-likeness (QED) is 0.327. The highest BCUT2D eigenvalue weighted by Gasteiger charge is 2.39. The summed E-state index contributed by atoms with van der Waals surface area (Å²) in [5.74, 6) is -0.0397. The number of piperidine rings is 1. The molecule has 1 saturated heterocycles. The topological polar surface area (TPSA) is 51.1 Å². The number of fused-ring (bicyclic) bond motifs is 1. The van der Waals surface area contributed by atoms with Gasteiger partial charge in [0.25, 0.3) is 6.43 Å². The molecule has 1 fully saturated rings. The van der Waals surface area contributed by atoms with E-state index in [1.165, 1.54) is 12.1 Å². The van der Waals surface area contributed by atoms with Crippen LogP contribution in [0.3, 0.4) is 0 Å². The van der Waals surface area contributed by atoms with E-state index in [1.54, 1.807) is 12.1 Å². The minimum atomic E-state index is -4.80. The van der Waals surface area contributed by atoms with E-state index >= 15 is 0 Å². The minimum Gasteiger partial charge on any atom is -0.317 e. The predicted molar refractivity (Wildman–Crippen MR) is 120 cm³/mol. The van der Waals surface area contributed by atoms with Gasteiger partial charge in [-0.25, -0.2) is 21.2 Å². The van der Waals surface area contributed by atoms with Gasteiger partial charge < -0.3 is 5.32 Å². The summed E-state index contributed by atoms with van der Waals surface area (Å²) in [6.07, 6.45) is -4.64. The number of benzene rings is 2. The van der Waals surface area contributed by atoms with E-state index < -0.39 is 44.6 Å². The lowest BCUT2D eigenvalue weighted by Crippen LogP contribution is -2.26. The normalized spacial score (nSPS) is 16.8. The van der Waals surface area contributed by atoms with Gasteiger partial charge in [0.2, 0.25) is 10.0 Å². The van der Waals surface area contributed by atoms with Crippen molar-refractivity contribution in [3.63, 3.8) is 0 Å². The van der Waals surface area contributed by atoms with Crippen molar-refractivity contribution in [1.82, 2.24) is 9.29 Å². The van der Waals surface area contributed by atoms with Crippen LogP contribution in [0.1, 0.15) is 52.7 Å². The van der Waals surface area contributed by atoms with Gasteiger partial charge >= 0.3 is 6.18 Å². The number of hydrogen-bond acceptors (Lipinski definition) is 3. The molecule has 0 radical (unpaired) electrons. The number of aromatic nitrogens is 1. The maximum atomic E-state index is 14.1. The molecule has 182 valence electrons. The second-order valence-corrected chi connectivity index (χ2v) is 10.2. The van der Waals surface area contributed by atoms with E-state index in [2.05, 4.69) is 11.9 Å². The molecule has 1 atom stereocenters. The Labute approximate surface area is 194 Å². The second kappa shape index (κ2) is 9.14. The smallest absolute Gasteiger partial charge is 0.317 e. The highest BCUT2D eigenvalue weighted by Crippen LogP contribution is 2.42. The molecule has 2 aromatic carbocycles. The van der Waals surface area contributed by atoms with Crippen molar-refractivity contribution in [1.29, 1.82) is 0 Å². The molecule has 1 aromatic heterocycles. The van der Waals surface area contributed by atoms with Crippen LogP contribution in [-0.2, 0) is 16.2 Å². The summed E-state index contributed by atoms with van der Waals surface area (Å²) in [7, 11) is -4.62. The van der Waals surface area contributed by atoms with Gasteiger partial charge in [-0.05, 0) is 55.1 Å². The Morgan fingerprint density at radius 3 is 2.32 bits per heavy atom. The van der Waals surface area contributed by atoms with E-state index in [0.717, 1.165) is 30.5 Å². The number of halogens is 5. The van der Waals surface area contributed by atoms with Gasteiger partial charge in [0.15, 0.2) is 0 Å². The van der Waals surface area contributed by atoms with Crippen LogP contribution < -0.4 is 5.32 Å². The summed E-state index contributed by atoms with van der Waals surface area (Å²) in [4.78, 5) is 0. The van der Waals surface area contributed by atoms with Crippen molar-refractivity contribution in [2.45, 2.75) is 36.6 Å². The van der Waals surface area contributed by atoms with Crippen molar-refractivity contribution >= 4 is 20.9 Å². The molecule has 2 heterocycles. The molecule has 0 amide bonds. The van der Waals surface area contributed by atoms with Crippen LogP contribution in [-0.4, -0.2) is 25.5 Å². The van der Waals surface area contributed by atoms with E-state index in [9.17, 15) is 30.4 Å². The molecule has 0 saturated carbocycles. The van der Waals surface area contributed by atoms with Crippen LogP contribution in [0.25, 0.3) is 10.9 Å². The van der Waals surface area contributed by atoms with Gasteiger partial charge in [0.05, 0.1) is 11.1 Å². The summed E-state index contributed by atoms with van der Waals surface area (Å²) in [5.41, 5.74) is -1.46. The van der Waals surface area contributed by atoms with Crippen LogP contribution >= 0.6 is 0 Å². The highest BCUT2D eigenvalue weighted by molar-refractivity contribution is 7.90. The Morgan fingerprint density at radius 2 is 1.71 bits per heavy atom. The fourth-order valence-electron chi connectivity index (χ4n) is 4.70. The average molecular weight is 499 g/mol. The Morgan fingerprint density at radius 1 is 1.03 bits per heavy atom. The molecule has 1 aliphatic rings. The van der Waals surface area contributed by atoms with Crippen molar-refractivity contribution in [2.24, 2.45) is 0 Å². The fraction of sp³-hybridized carbons (Fsp3) is 0.333. The number of nitrogens with one attached hydrogen (secondary N) is 1. The Kier molecular flexibility index (Phi) is 6.56. The average Bonchev–Trinajstić information content (AvgIpc) is 3.21. The summed E-state index contributed by atoms with van der Waals surface area (Å²) < 4.78 is 97.0. The van der Waals surface area contributed by atoms with Crippen LogP contribution in [0.5, 0.6) is 0 Å². The monoisotopic (exact) mass is 498 g/mol. The number of nitrogens with zero attached hydrogens (tertiary/aromatic N) is 1. The highest BCUT2D eigenvalue weighted by atomic mass is 32.2. The largest absolute Gasteiger partial charge is 0.416 e. The second-order valence-electron chi connectivity index (χ2n) is 8.23. The first-order chi connectivity index (χ1) is 16.1. The molecule has 0 bridgehead atoms. The molecule has 4 rings (SSSR count). The van der Waals surface area contributed by atoms with E-state index in [1.807, 2.05) is 0 Å². The lowest BCUT2D eigenvalue weighted by atomic mass is 9.87. The summed E-state index contributed by atoms with van der Waals surface area (Å²) in [6.45, 7) is 4.86. The molecule has 0 spiro atoms. The first-order valence-corrected chi connectivity index (χ1v) is 12.2. The minimum absolute atomic E-state index is 0.0164. The van der Waals surface area contributed by atoms with Gasteiger partial charge in [-0.3, -0.25) is 0 Å². The summed E-state index contributed by atoms with van der Waals surface area (Å²) >= 11 is 0. The van der Waals surface area contributed by atoms with Gasteiger partial charge in [-0.2, -0.15) is 13.2 Å². The van der Waals surface area contributed by atoms with Crippen LogP contribution in [0.15, 0.2) is 61.3 Å². The summed E-state index contributed by atoms with van der Waals surface area (Å²) in [5, 5.41) is 1.55. The predicted octanol–water partition coefficient (Wildman–Crippen LogP) is 6.17. The number of alkyl halides is 5. The number of rotatable bonds is 6. The molecular formula is C24H23F5N2O2S.